The van der Waals surface area contributed by atoms with Crippen molar-refractivity contribution in [3.05, 3.63) is 59.2 Å². The highest BCUT2D eigenvalue weighted by Gasteiger charge is 2.22. The van der Waals surface area contributed by atoms with Gasteiger partial charge in [0.15, 0.2) is 0 Å². The second-order valence-electron chi connectivity index (χ2n) is 7.54. The molecule has 0 spiro atoms. The lowest BCUT2D eigenvalue weighted by Gasteiger charge is -2.12. The molecule has 0 aliphatic heterocycles. The molecule has 1 aliphatic rings. The fraction of sp³-hybridized carbons (Fsp3) is 0.364. The third-order valence-electron chi connectivity index (χ3n) is 5.41. The largest absolute Gasteiger partial charge is 0.348 e. The molecule has 7 nitrogen and oxygen atoms in total. The maximum Gasteiger partial charge on any atom is 0.251 e. The highest BCUT2D eigenvalue weighted by Crippen LogP contribution is 2.26. The molecule has 3 rings (SSSR count). The van der Waals surface area contributed by atoms with Crippen molar-refractivity contribution in [1.82, 2.24) is 10.0 Å². The minimum atomic E-state index is -3.63. The number of carbonyl (C=O) groups is 2. The van der Waals surface area contributed by atoms with Gasteiger partial charge in [-0.05, 0) is 62.2 Å². The van der Waals surface area contributed by atoms with Crippen LogP contribution in [0.1, 0.15) is 47.2 Å². The summed E-state index contributed by atoms with van der Waals surface area (Å²) in [6.07, 6.45) is 4.06. The predicted molar refractivity (Wildman–Crippen MR) is 116 cm³/mol. The fourth-order valence-corrected chi connectivity index (χ4v) is 4.36. The van der Waals surface area contributed by atoms with E-state index >= 15 is 0 Å². The van der Waals surface area contributed by atoms with Crippen molar-refractivity contribution in [3.63, 3.8) is 0 Å². The Morgan fingerprint density at radius 1 is 1.07 bits per heavy atom. The first-order valence-corrected chi connectivity index (χ1v) is 11.5. The smallest absolute Gasteiger partial charge is 0.251 e. The lowest BCUT2D eigenvalue weighted by atomic mass is 10.1. The molecular formula is C22H27N3O4S. The number of anilines is 1. The van der Waals surface area contributed by atoms with Gasteiger partial charge in [-0.25, -0.2) is 13.1 Å². The summed E-state index contributed by atoms with van der Waals surface area (Å²) in [5.74, 6) is -0.231. The SMILES string of the molecule is CNS(=O)(=O)c1ccc(C)c(C(=O)NCc2cccc(NC(=O)C3CCCC3)c2)c1. The van der Waals surface area contributed by atoms with E-state index in [4.69, 9.17) is 0 Å². The maximum atomic E-state index is 12.6. The van der Waals surface area contributed by atoms with Crippen LogP contribution in [0.3, 0.4) is 0 Å². The van der Waals surface area contributed by atoms with Gasteiger partial charge in [0.05, 0.1) is 4.90 Å². The van der Waals surface area contributed by atoms with Gasteiger partial charge in [0, 0.05) is 23.7 Å². The van der Waals surface area contributed by atoms with Gasteiger partial charge in [0.1, 0.15) is 0 Å². The number of hydrogen-bond donors (Lipinski definition) is 3. The van der Waals surface area contributed by atoms with Crippen LogP contribution in [0.15, 0.2) is 47.4 Å². The lowest BCUT2D eigenvalue weighted by molar-refractivity contribution is -0.119. The Balaban J connectivity index is 1.66. The van der Waals surface area contributed by atoms with Crippen molar-refractivity contribution < 1.29 is 18.0 Å². The van der Waals surface area contributed by atoms with Crippen molar-refractivity contribution in [2.24, 2.45) is 5.92 Å². The molecule has 160 valence electrons. The van der Waals surface area contributed by atoms with E-state index in [0.717, 1.165) is 31.2 Å². The maximum absolute atomic E-state index is 12.6. The van der Waals surface area contributed by atoms with E-state index in [1.165, 1.54) is 19.2 Å². The van der Waals surface area contributed by atoms with E-state index in [2.05, 4.69) is 15.4 Å². The second kappa shape index (κ2) is 9.40. The van der Waals surface area contributed by atoms with E-state index in [0.29, 0.717) is 16.8 Å². The number of hydrogen-bond acceptors (Lipinski definition) is 4. The summed E-state index contributed by atoms with van der Waals surface area (Å²) in [5, 5.41) is 5.78. The molecule has 0 heterocycles. The van der Waals surface area contributed by atoms with Crippen LogP contribution in [0.25, 0.3) is 0 Å². The molecule has 0 radical (unpaired) electrons. The van der Waals surface area contributed by atoms with Gasteiger partial charge in [-0.3, -0.25) is 9.59 Å². The van der Waals surface area contributed by atoms with E-state index in [-0.39, 0.29) is 29.2 Å². The van der Waals surface area contributed by atoms with Gasteiger partial charge in [-0.1, -0.05) is 31.0 Å². The number of nitrogens with one attached hydrogen (secondary N) is 3. The van der Waals surface area contributed by atoms with E-state index in [1.807, 2.05) is 24.3 Å². The van der Waals surface area contributed by atoms with Gasteiger partial charge in [-0.2, -0.15) is 0 Å². The van der Waals surface area contributed by atoms with Crippen LogP contribution < -0.4 is 15.4 Å². The van der Waals surface area contributed by atoms with Crippen molar-refractivity contribution in [2.75, 3.05) is 12.4 Å². The summed E-state index contributed by atoms with van der Waals surface area (Å²) >= 11 is 0. The first-order valence-electron chi connectivity index (χ1n) is 10.0. The third kappa shape index (κ3) is 5.25. The number of carbonyl (C=O) groups excluding carboxylic acids is 2. The molecule has 1 aliphatic carbocycles. The highest BCUT2D eigenvalue weighted by molar-refractivity contribution is 7.89. The van der Waals surface area contributed by atoms with Gasteiger partial charge in [-0.15, -0.1) is 0 Å². The van der Waals surface area contributed by atoms with Crippen LogP contribution in [0.2, 0.25) is 0 Å². The molecule has 1 fully saturated rings. The van der Waals surface area contributed by atoms with Gasteiger partial charge in [0.25, 0.3) is 5.91 Å². The molecule has 0 aromatic heterocycles. The molecule has 2 amide bonds. The molecule has 3 N–H and O–H groups in total. The Bertz CT molecular complexity index is 1040. The summed E-state index contributed by atoms with van der Waals surface area (Å²) in [7, 11) is -2.31. The highest BCUT2D eigenvalue weighted by atomic mass is 32.2. The zero-order valence-corrected chi connectivity index (χ0v) is 18.0. The Kier molecular flexibility index (Phi) is 6.89. The van der Waals surface area contributed by atoms with Gasteiger partial charge < -0.3 is 10.6 Å². The number of aryl methyl sites for hydroxylation is 1. The molecular weight excluding hydrogens is 402 g/mol. The van der Waals surface area contributed by atoms with Gasteiger partial charge >= 0.3 is 0 Å². The first kappa shape index (κ1) is 22.0. The summed E-state index contributed by atoms with van der Waals surface area (Å²) < 4.78 is 26.3. The van der Waals surface area contributed by atoms with E-state index in [1.54, 1.807) is 13.0 Å². The van der Waals surface area contributed by atoms with Crippen LogP contribution in [0, 0.1) is 12.8 Å². The number of sulfonamides is 1. The zero-order valence-electron chi connectivity index (χ0n) is 17.2. The molecule has 30 heavy (non-hydrogen) atoms. The zero-order chi connectivity index (χ0) is 21.7. The minimum absolute atomic E-state index is 0.0392. The van der Waals surface area contributed by atoms with E-state index in [9.17, 15) is 18.0 Å². The van der Waals surface area contributed by atoms with Crippen LogP contribution in [-0.2, 0) is 21.4 Å². The summed E-state index contributed by atoms with van der Waals surface area (Å²) in [4.78, 5) is 25.0. The fourth-order valence-electron chi connectivity index (χ4n) is 3.60. The Labute approximate surface area is 177 Å². The number of amides is 2. The second-order valence-corrected chi connectivity index (χ2v) is 9.42. The Hall–Kier alpha value is -2.71. The molecule has 2 aromatic rings. The summed E-state index contributed by atoms with van der Waals surface area (Å²) in [6, 6.07) is 11.8. The number of rotatable bonds is 7. The molecule has 1 saturated carbocycles. The van der Waals surface area contributed by atoms with Crippen molar-refractivity contribution in [2.45, 2.75) is 44.0 Å². The molecule has 8 heteroatoms. The van der Waals surface area contributed by atoms with Crippen molar-refractivity contribution in [3.8, 4) is 0 Å². The van der Waals surface area contributed by atoms with Crippen LogP contribution >= 0.6 is 0 Å². The van der Waals surface area contributed by atoms with Crippen molar-refractivity contribution >= 4 is 27.5 Å². The third-order valence-corrected chi connectivity index (χ3v) is 6.82. The van der Waals surface area contributed by atoms with E-state index < -0.39 is 10.0 Å². The average molecular weight is 430 g/mol. The number of benzene rings is 2. The van der Waals surface area contributed by atoms with Crippen LogP contribution in [0.4, 0.5) is 5.69 Å². The standard InChI is InChI=1S/C22H27N3O4S/c1-15-10-11-19(30(28,29)23-2)13-20(15)22(27)24-14-16-6-5-9-18(12-16)25-21(26)17-7-3-4-8-17/h5-6,9-13,17,23H,3-4,7-8,14H2,1-2H3,(H,24,27)(H,25,26). The quantitative estimate of drug-likeness (QED) is 0.629. The van der Waals surface area contributed by atoms with Gasteiger partial charge in [0.2, 0.25) is 15.9 Å². The molecule has 0 unspecified atom stereocenters. The summed E-state index contributed by atoms with van der Waals surface area (Å²) in [6.45, 7) is 2.01. The normalized spacial score (nSPS) is 14.5. The molecule has 0 bridgehead atoms. The van der Waals surface area contributed by atoms with Crippen LogP contribution in [0.5, 0.6) is 0 Å². The lowest BCUT2D eigenvalue weighted by Crippen LogP contribution is -2.25. The molecule has 2 aromatic carbocycles. The average Bonchev–Trinajstić information content (AvgIpc) is 3.27. The molecule has 0 saturated heterocycles. The molecule has 0 atom stereocenters. The monoisotopic (exact) mass is 429 g/mol. The predicted octanol–water partition coefficient (Wildman–Crippen LogP) is 2.96. The first-order chi connectivity index (χ1) is 14.3. The summed E-state index contributed by atoms with van der Waals surface area (Å²) in [5.41, 5.74) is 2.53. The minimum Gasteiger partial charge on any atom is -0.348 e. The Morgan fingerprint density at radius 3 is 2.50 bits per heavy atom. The Morgan fingerprint density at radius 2 is 1.80 bits per heavy atom. The van der Waals surface area contributed by atoms with Crippen molar-refractivity contribution in [1.29, 1.82) is 0 Å². The topological polar surface area (TPSA) is 104 Å². The van der Waals surface area contributed by atoms with Crippen LogP contribution in [-0.4, -0.2) is 27.3 Å².